The maximum Gasteiger partial charge on any atom is 0.416 e. The molecule has 2 amide bonds. The minimum Gasteiger partial charge on any atom is -0.489 e. The van der Waals surface area contributed by atoms with Crippen LogP contribution in [0.25, 0.3) is 0 Å². The summed E-state index contributed by atoms with van der Waals surface area (Å²) in [5, 5.41) is 8.22. The van der Waals surface area contributed by atoms with Gasteiger partial charge in [0.15, 0.2) is 0 Å². The van der Waals surface area contributed by atoms with Crippen LogP contribution in [0.3, 0.4) is 0 Å². The van der Waals surface area contributed by atoms with Crippen LogP contribution in [0, 0.1) is 5.92 Å². The van der Waals surface area contributed by atoms with Crippen molar-refractivity contribution < 1.29 is 35.9 Å². The number of carbonyl (C=O) groups is 1. The number of amides is 2. The van der Waals surface area contributed by atoms with Crippen molar-refractivity contribution >= 4 is 17.4 Å². The fraction of sp³-hybridized carbons (Fsp3) is 0.364. The normalized spacial score (nSPS) is 23.9. The lowest BCUT2D eigenvalue weighted by Crippen LogP contribution is -2.49. The first-order chi connectivity index (χ1) is 15.5. The fourth-order valence-corrected chi connectivity index (χ4v) is 4.68. The lowest BCUT2D eigenvalue weighted by atomic mass is 9.76. The van der Waals surface area contributed by atoms with Gasteiger partial charge in [-0.3, -0.25) is 0 Å². The number of hydrogen-bond acceptors (Lipinski definition) is 3. The van der Waals surface area contributed by atoms with Crippen molar-refractivity contribution in [2.24, 2.45) is 11.0 Å². The summed E-state index contributed by atoms with van der Waals surface area (Å²) in [7, 11) is 0. The van der Waals surface area contributed by atoms with E-state index in [9.17, 15) is 31.1 Å². The molecular weight excluding hydrogens is 452 g/mol. The molecule has 2 heterocycles. The quantitative estimate of drug-likeness (QED) is 0.529. The number of fused-ring (bicyclic) bond motifs is 2. The first-order valence-electron chi connectivity index (χ1n) is 10.3. The van der Waals surface area contributed by atoms with Crippen molar-refractivity contribution in [1.29, 1.82) is 0 Å². The lowest BCUT2D eigenvalue weighted by Gasteiger charge is -2.39. The second-order valence-electron chi connectivity index (χ2n) is 8.22. The molecule has 2 aromatic carbocycles. The summed E-state index contributed by atoms with van der Waals surface area (Å²) in [5.41, 5.74) is -0.609. The van der Waals surface area contributed by atoms with Crippen LogP contribution in [0.4, 0.5) is 36.8 Å². The molecule has 33 heavy (non-hydrogen) atoms. The van der Waals surface area contributed by atoms with Crippen LogP contribution < -0.4 is 10.1 Å². The van der Waals surface area contributed by atoms with E-state index in [1.165, 1.54) is 11.1 Å². The van der Waals surface area contributed by atoms with Gasteiger partial charge in [-0.25, -0.2) is 9.80 Å². The van der Waals surface area contributed by atoms with E-state index in [0.29, 0.717) is 30.5 Å². The van der Waals surface area contributed by atoms with Gasteiger partial charge >= 0.3 is 18.4 Å². The summed E-state index contributed by atoms with van der Waals surface area (Å²) in [6, 6.07) is 6.25. The molecule has 174 valence electrons. The summed E-state index contributed by atoms with van der Waals surface area (Å²) >= 11 is 0. The summed E-state index contributed by atoms with van der Waals surface area (Å²) < 4.78 is 83.6. The number of urea groups is 1. The number of benzene rings is 2. The number of halogens is 6. The molecule has 1 N–H and O–H groups in total. The number of ether oxygens (including phenoxy) is 1. The average Bonchev–Trinajstić information content (AvgIpc) is 3.14. The maximum atomic E-state index is 13.1. The van der Waals surface area contributed by atoms with Gasteiger partial charge in [-0.2, -0.15) is 31.4 Å². The Morgan fingerprint density at radius 3 is 2.30 bits per heavy atom. The standard InChI is InChI=1S/C22H17F6N3O2/c23-21(24,25)11-4-7-13(8-5-11)29-20(32)31-15-2-1-3-16-18(15)19(30-31)14-9-6-12(22(26,27)28)10-17(14)33-16/h4-10,15-16,18H,1-3H2,(H,29,32). The Kier molecular flexibility index (Phi) is 4.84. The van der Waals surface area contributed by atoms with E-state index in [0.717, 1.165) is 36.4 Å². The van der Waals surface area contributed by atoms with Gasteiger partial charge in [-0.05, 0) is 61.7 Å². The summed E-state index contributed by atoms with van der Waals surface area (Å²) in [6.45, 7) is 0. The molecule has 5 nitrogen and oxygen atoms in total. The first kappa shape index (κ1) is 21.6. The first-order valence-corrected chi connectivity index (χ1v) is 10.3. The number of nitrogens with zero attached hydrogens (tertiary/aromatic N) is 2. The summed E-state index contributed by atoms with van der Waals surface area (Å²) in [5.74, 6) is -0.211. The Labute approximate surface area is 184 Å². The molecule has 3 unspecified atom stereocenters. The minimum absolute atomic E-state index is 0.0791. The van der Waals surface area contributed by atoms with Gasteiger partial charge in [0.1, 0.15) is 11.9 Å². The Morgan fingerprint density at radius 1 is 0.970 bits per heavy atom. The molecule has 1 saturated carbocycles. The molecule has 11 heteroatoms. The van der Waals surface area contributed by atoms with Crippen molar-refractivity contribution in [1.82, 2.24) is 5.01 Å². The Balaban J connectivity index is 1.43. The van der Waals surface area contributed by atoms with Crippen LogP contribution in [0.5, 0.6) is 5.75 Å². The van der Waals surface area contributed by atoms with E-state index >= 15 is 0 Å². The van der Waals surface area contributed by atoms with E-state index in [-0.39, 0.29) is 23.4 Å². The van der Waals surface area contributed by atoms with Gasteiger partial charge in [0.05, 0.1) is 28.8 Å². The second kappa shape index (κ2) is 7.39. The topological polar surface area (TPSA) is 53.9 Å². The highest BCUT2D eigenvalue weighted by Crippen LogP contribution is 2.45. The smallest absolute Gasteiger partial charge is 0.416 e. The number of anilines is 1. The third-order valence-electron chi connectivity index (χ3n) is 6.18. The summed E-state index contributed by atoms with van der Waals surface area (Å²) in [6.07, 6.45) is -7.50. The van der Waals surface area contributed by atoms with Gasteiger partial charge in [0, 0.05) is 11.3 Å². The molecule has 3 atom stereocenters. The van der Waals surface area contributed by atoms with E-state index in [1.807, 2.05) is 0 Å². The van der Waals surface area contributed by atoms with Crippen molar-refractivity contribution in [3.63, 3.8) is 0 Å². The zero-order valence-corrected chi connectivity index (χ0v) is 16.9. The number of nitrogens with one attached hydrogen (secondary N) is 1. The number of alkyl halides is 6. The van der Waals surface area contributed by atoms with Crippen LogP contribution in [0.15, 0.2) is 47.6 Å². The molecular formula is C22H17F6N3O2. The van der Waals surface area contributed by atoms with Crippen LogP contribution in [-0.2, 0) is 12.4 Å². The van der Waals surface area contributed by atoms with Crippen LogP contribution >= 0.6 is 0 Å². The van der Waals surface area contributed by atoms with Crippen molar-refractivity contribution in [2.75, 3.05) is 5.32 Å². The Hall–Kier alpha value is -3.24. The van der Waals surface area contributed by atoms with Crippen molar-refractivity contribution in [3.8, 4) is 5.75 Å². The average molecular weight is 469 g/mol. The third kappa shape index (κ3) is 3.79. The highest BCUT2D eigenvalue weighted by Gasteiger charge is 2.51. The highest BCUT2D eigenvalue weighted by atomic mass is 19.4. The van der Waals surface area contributed by atoms with E-state index in [1.54, 1.807) is 0 Å². The molecule has 0 saturated heterocycles. The molecule has 1 fully saturated rings. The molecule has 0 aromatic heterocycles. The van der Waals surface area contributed by atoms with Gasteiger partial charge < -0.3 is 10.1 Å². The van der Waals surface area contributed by atoms with Gasteiger partial charge in [-0.15, -0.1) is 0 Å². The minimum atomic E-state index is -4.52. The monoisotopic (exact) mass is 469 g/mol. The Bertz CT molecular complexity index is 1130. The predicted molar refractivity (Wildman–Crippen MR) is 106 cm³/mol. The van der Waals surface area contributed by atoms with Crippen LogP contribution in [0.2, 0.25) is 0 Å². The number of rotatable bonds is 1. The molecule has 0 spiro atoms. The fourth-order valence-electron chi connectivity index (χ4n) is 4.68. The lowest BCUT2D eigenvalue weighted by molar-refractivity contribution is -0.138. The maximum absolute atomic E-state index is 13.1. The van der Waals surface area contributed by atoms with E-state index < -0.39 is 35.6 Å². The molecule has 3 aliphatic rings. The zero-order chi connectivity index (χ0) is 23.5. The van der Waals surface area contributed by atoms with Gasteiger partial charge in [0.2, 0.25) is 0 Å². The van der Waals surface area contributed by atoms with Gasteiger partial charge in [0.25, 0.3) is 0 Å². The number of hydrazone groups is 1. The van der Waals surface area contributed by atoms with Crippen molar-refractivity contribution in [3.05, 3.63) is 59.2 Å². The van der Waals surface area contributed by atoms with E-state index in [4.69, 9.17) is 4.74 Å². The number of hydrogen-bond donors (Lipinski definition) is 1. The van der Waals surface area contributed by atoms with E-state index in [2.05, 4.69) is 10.4 Å². The molecule has 0 radical (unpaired) electrons. The molecule has 2 aromatic rings. The van der Waals surface area contributed by atoms with Crippen LogP contribution in [-0.4, -0.2) is 28.9 Å². The second-order valence-corrected chi connectivity index (χ2v) is 8.22. The molecule has 1 aliphatic carbocycles. The molecule has 0 bridgehead atoms. The van der Waals surface area contributed by atoms with Crippen LogP contribution in [0.1, 0.15) is 36.0 Å². The zero-order valence-electron chi connectivity index (χ0n) is 16.9. The molecule has 5 rings (SSSR count). The number of carbonyl (C=O) groups excluding carboxylic acids is 1. The third-order valence-corrected chi connectivity index (χ3v) is 6.18. The van der Waals surface area contributed by atoms with Crippen molar-refractivity contribution in [2.45, 2.75) is 43.8 Å². The largest absolute Gasteiger partial charge is 0.489 e. The SMILES string of the molecule is O=C(Nc1ccc(C(F)(F)F)cc1)N1N=C2c3ccc(C(F)(F)F)cc3OC3CCCC1C23. The Morgan fingerprint density at radius 2 is 1.64 bits per heavy atom. The van der Waals surface area contributed by atoms with Gasteiger partial charge in [-0.1, -0.05) is 0 Å². The predicted octanol–water partition coefficient (Wildman–Crippen LogP) is 5.91. The summed E-state index contributed by atoms with van der Waals surface area (Å²) in [4.78, 5) is 12.9. The molecule has 2 aliphatic heterocycles. The highest BCUT2D eigenvalue weighted by molar-refractivity contribution is 6.08.